The van der Waals surface area contributed by atoms with Crippen molar-refractivity contribution >= 4 is 11.8 Å². The summed E-state index contributed by atoms with van der Waals surface area (Å²) in [7, 11) is 0. The lowest BCUT2D eigenvalue weighted by molar-refractivity contribution is -0.146. The van der Waals surface area contributed by atoms with Crippen LogP contribution in [0.4, 0.5) is 0 Å². The fourth-order valence-electron chi connectivity index (χ4n) is 4.60. The number of carbonyl (C=O) groups is 2. The molecule has 30 heavy (non-hydrogen) atoms. The van der Waals surface area contributed by atoms with Crippen molar-refractivity contribution in [3.8, 4) is 0 Å². The normalized spacial score (nSPS) is 24.0. The topological polar surface area (TPSA) is 74.6 Å². The van der Waals surface area contributed by atoms with Gasteiger partial charge in [-0.2, -0.15) is 0 Å². The highest BCUT2D eigenvalue weighted by molar-refractivity contribution is 5.89. The quantitative estimate of drug-likeness (QED) is 0.350. The van der Waals surface area contributed by atoms with E-state index in [-0.39, 0.29) is 17.6 Å². The molecule has 164 valence electrons. The SMILES string of the molecule is C/C=C/CCC(C(=O)O)C1C(=O)CC(c2ccccc2)C1/C=C/C(O)CCCCC. The number of aliphatic hydroxyl groups excluding tert-OH is 1. The second-order valence-corrected chi connectivity index (χ2v) is 8.33. The molecule has 0 aromatic heterocycles. The average molecular weight is 413 g/mol. The number of unbranched alkanes of at least 4 members (excludes halogenated alkanes) is 2. The van der Waals surface area contributed by atoms with Gasteiger partial charge in [-0.25, -0.2) is 0 Å². The molecule has 5 unspecified atom stereocenters. The number of hydrogen-bond donors (Lipinski definition) is 2. The summed E-state index contributed by atoms with van der Waals surface area (Å²) in [6.45, 7) is 4.04. The lowest BCUT2D eigenvalue weighted by Crippen LogP contribution is -2.31. The molecule has 0 aliphatic heterocycles. The maximum Gasteiger partial charge on any atom is 0.307 e. The number of carboxylic acids is 1. The van der Waals surface area contributed by atoms with E-state index < -0.39 is 23.9 Å². The van der Waals surface area contributed by atoms with Crippen LogP contribution in [0, 0.1) is 17.8 Å². The number of aliphatic carboxylic acids is 1. The van der Waals surface area contributed by atoms with Gasteiger partial charge in [-0.3, -0.25) is 9.59 Å². The van der Waals surface area contributed by atoms with Crippen molar-refractivity contribution in [2.45, 2.75) is 70.8 Å². The zero-order valence-electron chi connectivity index (χ0n) is 18.2. The first-order valence-electron chi connectivity index (χ1n) is 11.3. The van der Waals surface area contributed by atoms with E-state index in [1.807, 2.05) is 55.5 Å². The van der Waals surface area contributed by atoms with Gasteiger partial charge in [0.15, 0.2) is 0 Å². The molecule has 0 spiro atoms. The zero-order valence-corrected chi connectivity index (χ0v) is 18.2. The predicted molar refractivity (Wildman–Crippen MR) is 120 cm³/mol. The maximum atomic E-state index is 13.0. The van der Waals surface area contributed by atoms with Gasteiger partial charge in [-0.05, 0) is 43.6 Å². The van der Waals surface area contributed by atoms with E-state index in [0.717, 1.165) is 24.8 Å². The number of carbonyl (C=O) groups excluding carboxylic acids is 1. The number of rotatable bonds is 12. The first kappa shape index (κ1) is 24.1. The largest absolute Gasteiger partial charge is 0.481 e. The van der Waals surface area contributed by atoms with Crippen LogP contribution in [0.25, 0.3) is 0 Å². The molecule has 0 amide bonds. The Balaban J connectivity index is 2.29. The van der Waals surface area contributed by atoms with E-state index in [9.17, 15) is 19.8 Å². The predicted octanol–water partition coefficient (Wildman–Crippen LogP) is 5.53. The van der Waals surface area contributed by atoms with Crippen LogP contribution >= 0.6 is 0 Å². The molecule has 0 heterocycles. The van der Waals surface area contributed by atoms with Crippen LogP contribution in [-0.2, 0) is 9.59 Å². The van der Waals surface area contributed by atoms with Crippen LogP contribution in [-0.4, -0.2) is 28.1 Å². The standard InChI is InChI=1S/C26H36O4/c1-3-5-8-14-20(27)16-17-21-23(19-12-10-7-11-13-19)18-24(28)25(21)22(26(29)30)15-9-6-4-2/h4,6-7,10-13,16-17,20-23,25,27H,3,5,8-9,14-15,18H2,1-2H3,(H,29,30)/b6-4+,17-16+. The van der Waals surface area contributed by atoms with Crippen molar-refractivity contribution < 1.29 is 19.8 Å². The molecular formula is C26H36O4. The highest BCUT2D eigenvalue weighted by Crippen LogP contribution is 2.46. The Morgan fingerprint density at radius 1 is 1.20 bits per heavy atom. The van der Waals surface area contributed by atoms with Gasteiger partial charge >= 0.3 is 5.97 Å². The molecule has 0 saturated heterocycles. The Kier molecular flexibility index (Phi) is 10.0. The smallest absolute Gasteiger partial charge is 0.307 e. The monoisotopic (exact) mass is 412 g/mol. The van der Waals surface area contributed by atoms with Crippen LogP contribution in [0.15, 0.2) is 54.6 Å². The summed E-state index contributed by atoms with van der Waals surface area (Å²) in [4.78, 5) is 25.1. The van der Waals surface area contributed by atoms with Gasteiger partial charge in [0.2, 0.25) is 0 Å². The molecular weight excluding hydrogens is 376 g/mol. The van der Waals surface area contributed by atoms with Gasteiger partial charge in [-0.15, -0.1) is 0 Å². The Morgan fingerprint density at radius 3 is 2.57 bits per heavy atom. The molecule has 0 bridgehead atoms. The molecule has 1 fully saturated rings. The third-order valence-corrected chi connectivity index (χ3v) is 6.19. The van der Waals surface area contributed by atoms with E-state index in [4.69, 9.17) is 0 Å². The molecule has 2 N–H and O–H groups in total. The minimum Gasteiger partial charge on any atom is -0.481 e. The summed E-state index contributed by atoms with van der Waals surface area (Å²) in [5.41, 5.74) is 1.06. The maximum absolute atomic E-state index is 13.0. The first-order valence-corrected chi connectivity index (χ1v) is 11.3. The lowest BCUT2D eigenvalue weighted by atomic mass is 9.76. The van der Waals surface area contributed by atoms with Crippen molar-refractivity contribution in [2.24, 2.45) is 17.8 Å². The zero-order chi connectivity index (χ0) is 21.9. The Morgan fingerprint density at radius 2 is 1.93 bits per heavy atom. The molecule has 0 radical (unpaired) electrons. The number of ketones is 1. The van der Waals surface area contributed by atoms with Gasteiger partial charge in [0.25, 0.3) is 0 Å². The molecule has 2 rings (SSSR count). The molecule has 1 aliphatic rings. The van der Waals surface area contributed by atoms with Crippen LogP contribution in [0.5, 0.6) is 0 Å². The molecule has 1 aromatic carbocycles. The van der Waals surface area contributed by atoms with Crippen molar-refractivity contribution in [3.05, 3.63) is 60.2 Å². The first-order chi connectivity index (χ1) is 14.5. The van der Waals surface area contributed by atoms with Gasteiger partial charge in [-0.1, -0.05) is 80.8 Å². The minimum absolute atomic E-state index is 0.0202. The number of carboxylic acid groups (broad SMARTS) is 1. The molecule has 4 nitrogen and oxygen atoms in total. The van der Waals surface area contributed by atoms with Crippen molar-refractivity contribution in [2.75, 3.05) is 0 Å². The van der Waals surface area contributed by atoms with Crippen LogP contribution in [0.2, 0.25) is 0 Å². The third kappa shape index (κ3) is 6.66. The summed E-state index contributed by atoms with van der Waals surface area (Å²) < 4.78 is 0. The molecule has 1 aliphatic carbocycles. The summed E-state index contributed by atoms with van der Waals surface area (Å²) >= 11 is 0. The van der Waals surface area contributed by atoms with Gasteiger partial charge in [0.05, 0.1) is 12.0 Å². The summed E-state index contributed by atoms with van der Waals surface area (Å²) in [6, 6.07) is 9.86. The second-order valence-electron chi connectivity index (χ2n) is 8.33. The van der Waals surface area contributed by atoms with Gasteiger partial charge in [0.1, 0.15) is 5.78 Å². The van der Waals surface area contributed by atoms with Crippen molar-refractivity contribution in [1.29, 1.82) is 0 Å². The Labute approximate surface area is 180 Å². The van der Waals surface area contributed by atoms with Crippen molar-refractivity contribution in [3.63, 3.8) is 0 Å². The van der Waals surface area contributed by atoms with E-state index in [1.165, 1.54) is 0 Å². The van der Waals surface area contributed by atoms with Gasteiger partial charge in [0, 0.05) is 12.3 Å². The van der Waals surface area contributed by atoms with E-state index >= 15 is 0 Å². The molecule has 5 atom stereocenters. The van der Waals surface area contributed by atoms with Gasteiger partial charge < -0.3 is 10.2 Å². The fourth-order valence-corrected chi connectivity index (χ4v) is 4.60. The lowest BCUT2D eigenvalue weighted by Gasteiger charge is -2.26. The Bertz CT molecular complexity index is 722. The summed E-state index contributed by atoms with van der Waals surface area (Å²) in [5.74, 6) is -2.43. The van der Waals surface area contributed by atoms with Crippen molar-refractivity contribution in [1.82, 2.24) is 0 Å². The third-order valence-electron chi connectivity index (χ3n) is 6.19. The number of hydrogen-bond acceptors (Lipinski definition) is 3. The summed E-state index contributed by atoms with van der Waals surface area (Å²) in [6.07, 6.45) is 12.3. The minimum atomic E-state index is -0.909. The second kappa shape index (κ2) is 12.5. The Hall–Kier alpha value is -2.20. The number of aliphatic hydroxyl groups is 1. The van der Waals surface area contributed by atoms with E-state index in [2.05, 4.69) is 6.92 Å². The molecule has 1 aromatic rings. The highest BCUT2D eigenvalue weighted by atomic mass is 16.4. The highest BCUT2D eigenvalue weighted by Gasteiger charge is 2.47. The average Bonchev–Trinajstić information content (AvgIpc) is 3.06. The van der Waals surface area contributed by atoms with E-state index in [0.29, 0.717) is 25.7 Å². The number of allylic oxidation sites excluding steroid dienone is 3. The number of Topliss-reactive ketones (excluding diaryl/α,β-unsaturated/α-hetero) is 1. The number of benzene rings is 1. The molecule has 1 saturated carbocycles. The fraction of sp³-hybridized carbons (Fsp3) is 0.538. The van der Waals surface area contributed by atoms with Crippen LogP contribution in [0.1, 0.15) is 70.3 Å². The molecule has 4 heteroatoms. The van der Waals surface area contributed by atoms with Crippen LogP contribution in [0.3, 0.4) is 0 Å². The summed E-state index contributed by atoms with van der Waals surface area (Å²) in [5, 5.41) is 20.3. The van der Waals surface area contributed by atoms with Crippen LogP contribution < -0.4 is 0 Å². The van der Waals surface area contributed by atoms with E-state index in [1.54, 1.807) is 6.08 Å².